The molecular formula is C15H23N3S. The Morgan fingerprint density at radius 1 is 1.21 bits per heavy atom. The molecule has 0 saturated carbocycles. The SMILES string of the molecule is C[C@@H]1CCC[C@H](C)N1NC(=S)NCc1ccccc1. The van der Waals surface area contributed by atoms with Crippen molar-refractivity contribution in [2.75, 3.05) is 0 Å². The summed E-state index contributed by atoms with van der Waals surface area (Å²) < 4.78 is 0. The summed E-state index contributed by atoms with van der Waals surface area (Å²) in [5.74, 6) is 0. The molecule has 104 valence electrons. The minimum absolute atomic E-state index is 0.542. The van der Waals surface area contributed by atoms with Crippen molar-refractivity contribution in [3.63, 3.8) is 0 Å². The number of hydrogen-bond donors (Lipinski definition) is 2. The molecule has 2 rings (SSSR count). The lowest BCUT2D eigenvalue weighted by molar-refractivity contribution is 0.0736. The summed E-state index contributed by atoms with van der Waals surface area (Å²) in [7, 11) is 0. The topological polar surface area (TPSA) is 27.3 Å². The number of rotatable bonds is 3. The van der Waals surface area contributed by atoms with Crippen LogP contribution in [0.3, 0.4) is 0 Å². The highest BCUT2D eigenvalue weighted by Gasteiger charge is 2.24. The molecule has 19 heavy (non-hydrogen) atoms. The van der Waals surface area contributed by atoms with E-state index in [0.717, 1.165) is 6.54 Å². The summed E-state index contributed by atoms with van der Waals surface area (Å²) in [5.41, 5.74) is 4.58. The molecule has 1 aromatic rings. The monoisotopic (exact) mass is 277 g/mol. The van der Waals surface area contributed by atoms with Gasteiger partial charge in [0.05, 0.1) is 0 Å². The van der Waals surface area contributed by atoms with Crippen molar-refractivity contribution in [3.8, 4) is 0 Å². The van der Waals surface area contributed by atoms with Gasteiger partial charge in [-0.05, 0) is 44.5 Å². The predicted octanol–water partition coefficient (Wildman–Crippen LogP) is 2.83. The van der Waals surface area contributed by atoms with Gasteiger partial charge in [0.25, 0.3) is 0 Å². The van der Waals surface area contributed by atoms with Crippen molar-refractivity contribution < 1.29 is 0 Å². The van der Waals surface area contributed by atoms with Crippen molar-refractivity contribution in [3.05, 3.63) is 35.9 Å². The number of benzene rings is 1. The fraction of sp³-hybridized carbons (Fsp3) is 0.533. The van der Waals surface area contributed by atoms with Gasteiger partial charge in [0.2, 0.25) is 0 Å². The molecule has 0 unspecified atom stereocenters. The van der Waals surface area contributed by atoms with Gasteiger partial charge in [-0.25, -0.2) is 5.01 Å². The van der Waals surface area contributed by atoms with Crippen molar-refractivity contribution in [1.29, 1.82) is 0 Å². The molecule has 0 spiro atoms. The first-order valence-corrected chi connectivity index (χ1v) is 7.44. The molecule has 0 bridgehead atoms. The maximum absolute atomic E-state index is 5.38. The van der Waals surface area contributed by atoms with Crippen LogP contribution in [0.25, 0.3) is 0 Å². The van der Waals surface area contributed by atoms with Gasteiger partial charge in [-0.2, -0.15) is 0 Å². The highest BCUT2D eigenvalue weighted by atomic mass is 32.1. The number of hydrazine groups is 1. The van der Waals surface area contributed by atoms with E-state index in [4.69, 9.17) is 12.2 Å². The first-order valence-electron chi connectivity index (χ1n) is 7.03. The lowest BCUT2D eigenvalue weighted by Gasteiger charge is -2.39. The van der Waals surface area contributed by atoms with Gasteiger partial charge < -0.3 is 5.32 Å². The van der Waals surface area contributed by atoms with Crippen LogP contribution in [-0.4, -0.2) is 22.2 Å². The molecule has 4 heteroatoms. The van der Waals surface area contributed by atoms with Crippen LogP contribution in [0.15, 0.2) is 30.3 Å². The van der Waals surface area contributed by atoms with E-state index in [0.29, 0.717) is 17.2 Å². The minimum Gasteiger partial charge on any atom is -0.358 e. The number of hydrogen-bond acceptors (Lipinski definition) is 2. The van der Waals surface area contributed by atoms with Crippen LogP contribution in [0.1, 0.15) is 38.7 Å². The Hall–Kier alpha value is -1.13. The first kappa shape index (κ1) is 14.3. The minimum atomic E-state index is 0.542. The smallest absolute Gasteiger partial charge is 0.181 e. The van der Waals surface area contributed by atoms with Crippen molar-refractivity contribution in [2.45, 2.75) is 51.7 Å². The van der Waals surface area contributed by atoms with Crippen LogP contribution < -0.4 is 10.7 Å². The molecule has 1 saturated heterocycles. The Morgan fingerprint density at radius 2 is 1.84 bits per heavy atom. The van der Waals surface area contributed by atoms with Gasteiger partial charge in [-0.1, -0.05) is 36.8 Å². The van der Waals surface area contributed by atoms with E-state index in [9.17, 15) is 0 Å². The van der Waals surface area contributed by atoms with Crippen molar-refractivity contribution in [1.82, 2.24) is 15.8 Å². The number of nitrogens with zero attached hydrogens (tertiary/aromatic N) is 1. The Morgan fingerprint density at radius 3 is 2.47 bits per heavy atom. The molecule has 0 aromatic heterocycles. The zero-order valence-corrected chi connectivity index (χ0v) is 12.5. The van der Waals surface area contributed by atoms with E-state index < -0.39 is 0 Å². The van der Waals surface area contributed by atoms with Crippen LogP contribution in [0.5, 0.6) is 0 Å². The molecular weight excluding hydrogens is 254 g/mol. The summed E-state index contributed by atoms with van der Waals surface area (Å²) in [5, 5.41) is 6.26. The average molecular weight is 277 g/mol. The Bertz CT molecular complexity index is 397. The summed E-state index contributed by atoms with van der Waals surface area (Å²) in [4.78, 5) is 0. The summed E-state index contributed by atoms with van der Waals surface area (Å²) in [6, 6.07) is 11.4. The molecule has 1 aliphatic rings. The van der Waals surface area contributed by atoms with Crippen LogP contribution >= 0.6 is 12.2 Å². The third kappa shape index (κ3) is 4.18. The second kappa shape index (κ2) is 6.87. The van der Waals surface area contributed by atoms with E-state index in [1.807, 2.05) is 18.2 Å². The highest BCUT2D eigenvalue weighted by molar-refractivity contribution is 7.80. The normalized spacial score (nSPS) is 23.9. The molecule has 2 atom stereocenters. The standard InChI is InChI=1S/C15H23N3S/c1-12-7-6-8-13(2)18(12)17-15(19)16-11-14-9-4-3-5-10-14/h3-5,9-10,12-13H,6-8,11H2,1-2H3,(H2,16,17,19)/t12-,13+. The lowest BCUT2D eigenvalue weighted by atomic mass is 10.00. The molecule has 0 aliphatic carbocycles. The average Bonchev–Trinajstić information content (AvgIpc) is 2.42. The summed E-state index contributed by atoms with van der Waals surface area (Å²) in [6.07, 6.45) is 3.78. The fourth-order valence-electron chi connectivity index (χ4n) is 2.58. The second-order valence-corrected chi connectivity index (χ2v) is 5.72. The molecule has 1 heterocycles. The number of piperidine rings is 1. The van der Waals surface area contributed by atoms with Gasteiger partial charge >= 0.3 is 0 Å². The molecule has 3 nitrogen and oxygen atoms in total. The van der Waals surface area contributed by atoms with E-state index in [1.165, 1.54) is 24.8 Å². The van der Waals surface area contributed by atoms with Gasteiger partial charge in [-0.3, -0.25) is 5.43 Å². The third-order valence-electron chi connectivity index (χ3n) is 3.72. The van der Waals surface area contributed by atoms with Gasteiger partial charge in [0, 0.05) is 18.6 Å². The lowest BCUT2D eigenvalue weighted by Crippen LogP contribution is -2.56. The molecule has 1 aliphatic heterocycles. The maximum atomic E-state index is 5.38. The fourth-order valence-corrected chi connectivity index (χ4v) is 2.75. The predicted molar refractivity (Wildman–Crippen MR) is 83.6 cm³/mol. The highest BCUT2D eigenvalue weighted by Crippen LogP contribution is 2.19. The summed E-state index contributed by atoms with van der Waals surface area (Å²) in [6.45, 7) is 5.27. The zero-order chi connectivity index (χ0) is 13.7. The third-order valence-corrected chi connectivity index (χ3v) is 3.96. The molecule has 1 fully saturated rings. The maximum Gasteiger partial charge on any atom is 0.181 e. The molecule has 0 amide bonds. The number of nitrogens with one attached hydrogen (secondary N) is 2. The zero-order valence-electron chi connectivity index (χ0n) is 11.7. The Labute approximate surface area is 121 Å². The van der Waals surface area contributed by atoms with E-state index in [-0.39, 0.29) is 0 Å². The van der Waals surface area contributed by atoms with Crippen LogP contribution in [0, 0.1) is 0 Å². The van der Waals surface area contributed by atoms with Crippen molar-refractivity contribution >= 4 is 17.3 Å². The van der Waals surface area contributed by atoms with E-state index in [2.05, 4.69) is 41.7 Å². The molecule has 2 N–H and O–H groups in total. The molecule has 0 radical (unpaired) electrons. The van der Waals surface area contributed by atoms with Gasteiger partial charge in [0.1, 0.15) is 0 Å². The number of thiocarbonyl (C=S) groups is 1. The van der Waals surface area contributed by atoms with Crippen LogP contribution in [0.4, 0.5) is 0 Å². The quantitative estimate of drug-likeness (QED) is 0.831. The summed E-state index contributed by atoms with van der Waals surface area (Å²) >= 11 is 5.38. The second-order valence-electron chi connectivity index (χ2n) is 5.32. The van der Waals surface area contributed by atoms with Crippen molar-refractivity contribution in [2.24, 2.45) is 0 Å². The Balaban J connectivity index is 1.80. The van der Waals surface area contributed by atoms with E-state index >= 15 is 0 Å². The van der Waals surface area contributed by atoms with Gasteiger partial charge in [0.15, 0.2) is 5.11 Å². The van der Waals surface area contributed by atoms with E-state index in [1.54, 1.807) is 0 Å². The van der Waals surface area contributed by atoms with Crippen LogP contribution in [0.2, 0.25) is 0 Å². The molecule has 1 aromatic carbocycles. The largest absolute Gasteiger partial charge is 0.358 e. The first-order chi connectivity index (χ1) is 9.16. The Kier molecular flexibility index (Phi) is 5.16. The van der Waals surface area contributed by atoms with Crippen LogP contribution in [-0.2, 0) is 6.54 Å². The van der Waals surface area contributed by atoms with Gasteiger partial charge in [-0.15, -0.1) is 0 Å².